The summed E-state index contributed by atoms with van der Waals surface area (Å²) in [6, 6.07) is 0. The molecule has 0 saturated carbocycles. The lowest BCUT2D eigenvalue weighted by Crippen LogP contribution is -2.13. The Labute approximate surface area is 78.5 Å². The summed E-state index contributed by atoms with van der Waals surface area (Å²) in [7, 11) is 1.73. The summed E-state index contributed by atoms with van der Waals surface area (Å²) in [6.07, 6.45) is -5.01. The van der Waals surface area contributed by atoms with Gasteiger partial charge in [0.1, 0.15) is 6.42 Å². The standard InChI is InChI=1S/C7H10F3N3O/c1-11-3-2-5-12-6(14-13-5)4-7(8,9)10/h11H,2-4H2,1H3. The molecule has 0 aromatic carbocycles. The van der Waals surface area contributed by atoms with Crippen molar-refractivity contribution < 1.29 is 17.7 Å². The van der Waals surface area contributed by atoms with Crippen molar-refractivity contribution in [3.63, 3.8) is 0 Å². The molecule has 0 aliphatic rings. The summed E-state index contributed by atoms with van der Waals surface area (Å²) in [5.41, 5.74) is 0. The minimum Gasteiger partial charge on any atom is -0.339 e. The number of nitrogens with one attached hydrogen (secondary N) is 1. The first-order valence-electron chi connectivity index (χ1n) is 4.04. The van der Waals surface area contributed by atoms with Gasteiger partial charge >= 0.3 is 6.18 Å². The molecule has 0 radical (unpaired) electrons. The fourth-order valence-corrected chi connectivity index (χ4v) is 0.872. The summed E-state index contributed by atoms with van der Waals surface area (Å²) in [4.78, 5) is 3.60. The highest BCUT2D eigenvalue weighted by atomic mass is 19.4. The molecular formula is C7H10F3N3O. The lowest BCUT2D eigenvalue weighted by molar-refractivity contribution is -0.131. The second-order valence-electron chi connectivity index (χ2n) is 2.75. The van der Waals surface area contributed by atoms with Crippen molar-refractivity contribution in [1.82, 2.24) is 15.5 Å². The zero-order valence-electron chi connectivity index (χ0n) is 7.56. The third kappa shape index (κ3) is 3.73. The van der Waals surface area contributed by atoms with Crippen LogP contribution in [0.4, 0.5) is 13.2 Å². The average molecular weight is 209 g/mol. The van der Waals surface area contributed by atoms with Crippen LogP contribution in [0.1, 0.15) is 11.7 Å². The summed E-state index contributed by atoms with van der Waals surface area (Å²) in [5.74, 6) is -0.0952. The zero-order chi connectivity index (χ0) is 10.6. The molecule has 0 saturated heterocycles. The van der Waals surface area contributed by atoms with Crippen LogP contribution < -0.4 is 5.32 Å². The zero-order valence-corrected chi connectivity index (χ0v) is 7.56. The van der Waals surface area contributed by atoms with Crippen molar-refractivity contribution in [1.29, 1.82) is 0 Å². The molecule has 7 heteroatoms. The van der Waals surface area contributed by atoms with E-state index >= 15 is 0 Å². The van der Waals surface area contributed by atoms with Gasteiger partial charge in [-0.2, -0.15) is 18.2 Å². The Morgan fingerprint density at radius 1 is 1.43 bits per heavy atom. The Morgan fingerprint density at radius 2 is 2.14 bits per heavy atom. The number of hydrogen-bond acceptors (Lipinski definition) is 4. The molecule has 80 valence electrons. The van der Waals surface area contributed by atoms with Crippen LogP contribution in [0.2, 0.25) is 0 Å². The normalized spacial score (nSPS) is 12.0. The molecular weight excluding hydrogens is 199 g/mol. The van der Waals surface area contributed by atoms with Gasteiger partial charge in [-0.05, 0) is 7.05 Å². The van der Waals surface area contributed by atoms with Crippen LogP contribution in [-0.2, 0) is 12.8 Å². The van der Waals surface area contributed by atoms with E-state index in [1.54, 1.807) is 7.05 Å². The lowest BCUT2D eigenvalue weighted by Gasteiger charge is -1.99. The smallest absolute Gasteiger partial charge is 0.339 e. The van der Waals surface area contributed by atoms with Gasteiger partial charge in [-0.15, -0.1) is 0 Å². The van der Waals surface area contributed by atoms with E-state index in [2.05, 4.69) is 20.0 Å². The van der Waals surface area contributed by atoms with Gasteiger partial charge in [0.25, 0.3) is 0 Å². The van der Waals surface area contributed by atoms with Gasteiger partial charge in [0, 0.05) is 13.0 Å². The first-order chi connectivity index (χ1) is 6.51. The Morgan fingerprint density at radius 3 is 2.71 bits per heavy atom. The average Bonchev–Trinajstić information content (AvgIpc) is 2.46. The molecule has 0 amide bonds. The van der Waals surface area contributed by atoms with Gasteiger partial charge in [0.05, 0.1) is 0 Å². The molecule has 0 spiro atoms. The van der Waals surface area contributed by atoms with E-state index in [-0.39, 0.29) is 5.89 Å². The van der Waals surface area contributed by atoms with Crippen LogP contribution in [0, 0.1) is 0 Å². The van der Waals surface area contributed by atoms with Gasteiger partial charge in [-0.25, -0.2) is 0 Å². The van der Waals surface area contributed by atoms with Crippen molar-refractivity contribution in [3.8, 4) is 0 Å². The maximum atomic E-state index is 11.9. The first-order valence-corrected chi connectivity index (χ1v) is 4.04. The summed E-state index contributed by atoms with van der Waals surface area (Å²) >= 11 is 0. The monoisotopic (exact) mass is 209 g/mol. The highest BCUT2D eigenvalue weighted by Gasteiger charge is 2.31. The quantitative estimate of drug-likeness (QED) is 0.801. The second kappa shape index (κ2) is 4.41. The predicted octanol–water partition coefficient (Wildman–Crippen LogP) is 0.936. The van der Waals surface area contributed by atoms with Crippen LogP contribution in [0.25, 0.3) is 0 Å². The van der Waals surface area contributed by atoms with Gasteiger partial charge < -0.3 is 9.84 Å². The summed E-state index contributed by atoms with van der Waals surface area (Å²) in [5, 5.41) is 6.24. The molecule has 0 atom stereocenters. The predicted molar refractivity (Wildman–Crippen MR) is 41.7 cm³/mol. The van der Waals surface area contributed by atoms with Gasteiger partial charge in [0.15, 0.2) is 5.82 Å². The summed E-state index contributed by atoms with van der Waals surface area (Å²) < 4.78 is 40.0. The van der Waals surface area contributed by atoms with Crippen molar-refractivity contribution in [3.05, 3.63) is 11.7 Å². The maximum absolute atomic E-state index is 11.9. The van der Waals surface area contributed by atoms with Crippen LogP contribution in [0.3, 0.4) is 0 Å². The van der Waals surface area contributed by atoms with Gasteiger partial charge in [-0.1, -0.05) is 5.16 Å². The number of hydrogen-bond donors (Lipinski definition) is 1. The third-order valence-corrected chi connectivity index (χ3v) is 1.46. The summed E-state index contributed by atoms with van der Waals surface area (Å²) in [6.45, 7) is 0.602. The number of nitrogens with zero attached hydrogens (tertiary/aromatic N) is 2. The molecule has 0 aliphatic carbocycles. The molecule has 1 aromatic rings. The van der Waals surface area contributed by atoms with Crippen LogP contribution in [-0.4, -0.2) is 29.9 Å². The van der Waals surface area contributed by atoms with Crippen LogP contribution >= 0.6 is 0 Å². The van der Waals surface area contributed by atoms with Crippen molar-refractivity contribution in [2.45, 2.75) is 19.0 Å². The minimum atomic E-state index is -4.30. The van der Waals surface area contributed by atoms with E-state index < -0.39 is 12.6 Å². The molecule has 4 nitrogen and oxygen atoms in total. The van der Waals surface area contributed by atoms with E-state index in [1.165, 1.54) is 0 Å². The second-order valence-corrected chi connectivity index (χ2v) is 2.75. The fraction of sp³-hybridized carbons (Fsp3) is 0.714. The van der Waals surface area contributed by atoms with Crippen LogP contribution in [0.15, 0.2) is 4.52 Å². The van der Waals surface area contributed by atoms with Crippen molar-refractivity contribution in [2.75, 3.05) is 13.6 Å². The van der Waals surface area contributed by atoms with Crippen molar-refractivity contribution >= 4 is 0 Å². The number of halogens is 3. The molecule has 0 bridgehead atoms. The first kappa shape index (κ1) is 11.0. The van der Waals surface area contributed by atoms with E-state index in [0.717, 1.165) is 0 Å². The number of aromatic nitrogens is 2. The minimum absolute atomic E-state index is 0.290. The third-order valence-electron chi connectivity index (χ3n) is 1.46. The maximum Gasteiger partial charge on any atom is 0.397 e. The Hall–Kier alpha value is -1.11. The Balaban J connectivity index is 2.51. The van der Waals surface area contributed by atoms with Gasteiger partial charge in [0.2, 0.25) is 5.89 Å². The molecule has 14 heavy (non-hydrogen) atoms. The van der Waals surface area contributed by atoms with Gasteiger partial charge in [-0.3, -0.25) is 0 Å². The van der Waals surface area contributed by atoms with E-state index in [0.29, 0.717) is 18.8 Å². The van der Waals surface area contributed by atoms with Crippen LogP contribution in [0.5, 0.6) is 0 Å². The van der Waals surface area contributed by atoms with Crippen molar-refractivity contribution in [2.24, 2.45) is 0 Å². The number of likely N-dealkylation sites (N-methyl/N-ethyl adjacent to an activating group) is 1. The molecule has 1 N–H and O–H groups in total. The molecule has 1 aromatic heterocycles. The highest BCUT2D eigenvalue weighted by molar-refractivity contribution is 4.88. The molecule has 0 unspecified atom stereocenters. The largest absolute Gasteiger partial charge is 0.397 e. The number of rotatable bonds is 4. The SMILES string of the molecule is CNCCc1noc(CC(F)(F)F)n1. The highest BCUT2D eigenvalue weighted by Crippen LogP contribution is 2.19. The lowest BCUT2D eigenvalue weighted by atomic mass is 10.4. The molecule has 1 heterocycles. The molecule has 1 rings (SSSR count). The fourth-order valence-electron chi connectivity index (χ4n) is 0.872. The Bertz CT molecular complexity index is 284. The number of alkyl halides is 3. The Kier molecular flexibility index (Phi) is 3.45. The van der Waals surface area contributed by atoms with E-state index in [9.17, 15) is 13.2 Å². The van der Waals surface area contributed by atoms with E-state index in [1.807, 2.05) is 0 Å². The van der Waals surface area contributed by atoms with E-state index in [4.69, 9.17) is 0 Å². The molecule has 0 fully saturated rings. The molecule has 0 aliphatic heterocycles. The topological polar surface area (TPSA) is 51.0 Å².